The van der Waals surface area contributed by atoms with Gasteiger partial charge in [0.15, 0.2) is 0 Å². The van der Waals surface area contributed by atoms with Crippen LogP contribution >= 0.6 is 0 Å². The van der Waals surface area contributed by atoms with Crippen molar-refractivity contribution >= 4 is 0 Å². The molecule has 1 saturated heterocycles. The Bertz CT molecular complexity index is 605. The number of aryl methyl sites for hydroxylation is 1. The van der Waals surface area contributed by atoms with Gasteiger partial charge in [0, 0.05) is 50.7 Å². The summed E-state index contributed by atoms with van der Waals surface area (Å²) in [7, 11) is 0. The van der Waals surface area contributed by atoms with Crippen LogP contribution in [0.3, 0.4) is 0 Å². The molecule has 0 bridgehead atoms. The van der Waals surface area contributed by atoms with Gasteiger partial charge in [-0.3, -0.25) is 4.90 Å². The predicted molar refractivity (Wildman–Crippen MR) is 103 cm³/mol. The van der Waals surface area contributed by atoms with Crippen molar-refractivity contribution < 1.29 is 4.74 Å². The van der Waals surface area contributed by atoms with Crippen molar-refractivity contribution in [3.63, 3.8) is 0 Å². The first-order chi connectivity index (χ1) is 12.3. The van der Waals surface area contributed by atoms with E-state index in [0.717, 1.165) is 52.4 Å². The van der Waals surface area contributed by atoms with Gasteiger partial charge < -0.3 is 14.6 Å². The molecule has 0 spiro atoms. The molecule has 2 heterocycles. The van der Waals surface area contributed by atoms with E-state index in [0.29, 0.717) is 6.04 Å². The summed E-state index contributed by atoms with van der Waals surface area (Å²) in [5.41, 5.74) is 2.80. The van der Waals surface area contributed by atoms with Gasteiger partial charge in [0.1, 0.15) is 0 Å². The molecule has 0 radical (unpaired) electrons. The van der Waals surface area contributed by atoms with Crippen LogP contribution in [-0.2, 0) is 24.2 Å². The second kappa shape index (κ2) is 9.76. The quantitative estimate of drug-likeness (QED) is 0.760. The monoisotopic (exact) mass is 341 g/mol. The number of benzene rings is 1. The molecule has 1 N–H and O–H groups in total. The van der Waals surface area contributed by atoms with Gasteiger partial charge in [0.05, 0.1) is 13.2 Å². The summed E-state index contributed by atoms with van der Waals surface area (Å²) < 4.78 is 7.80. The molecular weight excluding hydrogens is 310 g/mol. The van der Waals surface area contributed by atoms with Gasteiger partial charge in [-0.05, 0) is 37.5 Å². The molecule has 4 heteroatoms. The Hall–Kier alpha value is -1.62. The van der Waals surface area contributed by atoms with E-state index < -0.39 is 0 Å². The highest BCUT2D eigenvalue weighted by Gasteiger charge is 2.11. The lowest BCUT2D eigenvalue weighted by Crippen LogP contribution is -2.38. The summed E-state index contributed by atoms with van der Waals surface area (Å²) in [6, 6.07) is 15.6. The molecule has 1 aliphatic heterocycles. The summed E-state index contributed by atoms with van der Waals surface area (Å²) in [5, 5.41) is 3.68. The van der Waals surface area contributed by atoms with E-state index in [2.05, 4.69) is 70.4 Å². The number of morpholine rings is 1. The van der Waals surface area contributed by atoms with E-state index in [-0.39, 0.29) is 0 Å². The fourth-order valence-electron chi connectivity index (χ4n) is 3.31. The largest absolute Gasteiger partial charge is 0.379 e. The molecule has 0 saturated carbocycles. The minimum atomic E-state index is 0.516. The maximum atomic E-state index is 5.42. The van der Waals surface area contributed by atoms with Gasteiger partial charge in [-0.25, -0.2) is 0 Å². The standard InChI is InChI=1S/C21H31N3O/c1-19(9-10-20-6-3-2-4-7-20)22-18-21-8-5-11-24(21)13-12-23-14-16-25-17-15-23/h2-8,11,19,22H,9-10,12-18H2,1H3. The molecule has 1 aromatic carbocycles. The molecule has 2 aromatic rings. The fourth-order valence-corrected chi connectivity index (χ4v) is 3.31. The lowest BCUT2D eigenvalue weighted by Gasteiger charge is -2.27. The second-order valence-electron chi connectivity index (χ2n) is 6.95. The zero-order valence-electron chi connectivity index (χ0n) is 15.4. The molecule has 1 unspecified atom stereocenters. The van der Waals surface area contributed by atoms with Gasteiger partial charge in [-0.1, -0.05) is 30.3 Å². The minimum Gasteiger partial charge on any atom is -0.379 e. The summed E-state index contributed by atoms with van der Waals surface area (Å²) in [6.07, 6.45) is 4.50. The lowest BCUT2D eigenvalue weighted by molar-refractivity contribution is 0.0363. The first-order valence-electron chi connectivity index (χ1n) is 9.53. The van der Waals surface area contributed by atoms with Gasteiger partial charge in [-0.2, -0.15) is 0 Å². The van der Waals surface area contributed by atoms with E-state index in [1.165, 1.54) is 17.7 Å². The first-order valence-corrected chi connectivity index (χ1v) is 9.53. The van der Waals surface area contributed by atoms with Crippen molar-refractivity contribution in [2.24, 2.45) is 0 Å². The van der Waals surface area contributed by atoms with Gasteiger partial charge in [0.25, 0.3) is 0 Å². The SMILES string of the molecule is CC(CCc1ccccc1)NCc1cccn1CCN1CCOCC1. The third-order valence-electron chi connectivity index (χ3n) is 5.02. The maximum absolute atomic E-state index is 5.42. The van der Waals surface area contributed by atoms with E-state index in [4.69, 9.17) is 4.74 Å². The number of nitrogens with zero attached hydrogens (tertiary/aromatic N) is 2. The molecule has 1 aromatic heterocycles. The Balaban J connectivity index is 1.39. The Kier molecular flexibility index (Phi) is 7.10. The Morgan fingerprint density at radius 1 is 1.04 bits per heavy atom. The van der Waals surface area contributed by atoms with Crippen LogP contribution in [0, 0.1) is 0 Å². The zero-order chi connectivity index (χ0) is 17.3. The molecule has 1 aliphatic rings. The lowest BCUT2D eigenvalue weighted by atomic mass is 10.1. The van der Waals surface area contributed by atoms with Crippen molar-refractivity contribution in [3.8, 4) is 0 Å². The van der Waals surface area contributed by atoms with Crippen LogP contribution in [0.1, 0.15) is 24.6 Å². The van der Waals surface area contributed by atoms with Crippen molar-refractivity contribution in [1.82, 2.24) is 14.8 Å². The molecule has 136 valence electrons. The van der Waals surface area contributed by atoms with Crippen LogP contribution < -0.4 is 5.32 Å². The fraction of sp³-hybridized carbons (Fsp3) is 0.524. The van der Waals surface area contributed by atoms with Gasteiger partial charge in [-0.15, -0.1) is 0 Å². The smallest absolute Gasteiger partial charge is 0.0594 e. The maximum Gasteiger partial charge on any atom is 0.0594 e. The Labute approximate surface area is 151 Å². The molecule has 3 rings (SSSR count). The summed E-state index contributed by atoms with van der Waals surface area (Å²) in [5.74, 6) is 0. The Morgan fingerprint density at radius 2 is 1.84 bits per heavy atom. The number of hydrogen-bond acceptors (Lipinski definition) is 3. The van der Waals surface area contributed by atoms with E-state index >= 15 is 0 Å². The van der Waals surface area contributed by atoms with E-state index in [1.807, 2.05) is 0 Å². The van der Waals surface area contributed by atoms with Crippen LogP contribution in [0.2, 0.25) is 0 Å². The topological polar surface area (TPSA) is 29.4 Å². The van der Waals surface area contributed by atoms with E-state index in [1.54, 1.807) is 0 Å². The highest BCUT2D eigenvalue weighted by atomic mass is 16.5. The zero-order valence-corrected chi connectivity index (χ0v) is 15.4. The van der Waals surface area contributed by atoms with Gasteiger partial charge >= 0.3 is 0 Å². The molecule has 1 atom stereocenters. The molecule has 0 aliphatic carbocycles. The molecule has 4 nitrogen and oxygen atoms in total. The van der Waals surface area contributed by atoms with Crippen LogP contribution in [0.5, 0.6) is 0 Å². The summed E-state index contributed by atoms with van der Waals surface area (Å²) in [4.78, 5) is 2.49. The highest BCUT2D eigenvalue weighted by molar-refractivity contribution is 5.14. The Morgan fingerprint density at radius 3 is 2.64 bits per heavy atom. The first kappa shape index (κ1) is 18.2. The number of ether oxygens (including phenoxy) is 1. The summed E-state index contributed by atoms with van der Waals surface area (Å²) in [6.45, 7) is 9.25. The van der Waals surface area contributed by atoms with Crippen molar-refractivity contribution in [1.29, 1.82) is 0 Å². The van der Waals surface area contributed by atoms with Crippen LogP contribution in [-0.4, -0.2) is 48.4 Å². The van der Waals surface area contributed by atoms with Crippen molar-refractivity contribution in [2.75, 3.05) is 32.8 Å². The number of hydrogen-bond donors (Lipinski definition) is 1. The summed E-state index contributed by atoms with van der Waals surface area (Å²) >= 11 is 0. The van der Waals surface area contributed by atoms with Crippen molar-refractivity contribution in [2.45, 2.75) is 38.9 Å². The second-order valence-corrected chi connectivity index (χ2v) is 6.95. The minimum absolute atomic E-state index is 0.516. The number of nitrogens with one attached hydrogen (secondary N) is 1. The molecule has 1 fully saturated rings. The van der Waals surface area contributed by atoms with Crippen molar-refractivity contribution in [3.05, 3.63) is 59.9 Å². The van der Waals surface area contributed by atoms with Gasteiger partial charge in [0.2, 0.25) is 0 Å². The average molecular weight is 341 g/mol. The number of aromatic nitrogens is 1. The number of rotatable bonds is 9. The van der Waals surface area contributed by atoms with E-state index in [9.17, 15) is 0 Å². The average Bonchev–Trinajstić information content (AvgIpc) is 3.12. The normalized spacial score (nSPS) is 16.8. The molecule has 25 heavy (non-hydrogen) atoms. The predicted octanol–water partition coefficient (Wildman–Crippen LogP) is 2.93. The molecule has 0 amide bonds. The third kappa shape index (κ3) is 5.99. The third-order valence-corrected chi connectivity index (χ3v) is 5.02. The van der Waals surface area contributed by atoms with Crippen LogP contribution in [0.25, 0.3) is 0 Å². The highest BCUT2D eigenvalue weighted by Crippen LogP contribution is 2.08. The van der Waals surface area contributed by atoms with Crippen LogP contribution in [0.15, 0.2) is 48.7 Å². The molecular formula is C21H31N3O. The van der Waals surface area contributed by atoms with Crippen LogP contribution in [0.4, 0.5) is 0 Å².